The summed E-state index contributed by atoms with van der Waals surface area (Å²) in [5.41, 5.74) is 1.14. The molecule has 0 fully saturated rings. The average Bonchev–Trinajstić information content (AvgIpc) is 2.37. The molecule has 0 bridgehead atoms. The molecule has 1 unspecified atom stereocenters. The van der Waals surface area contributed by atoms with Gasteiger partial charge >= 0.3 is 5.97 Å². The lowest BCUT2D eigenvalue weighted by atomic mass is 10.2. The molecule has 1 N–H and O–H groups in total. The van der Waals surface area contributed by atoms with Crippen LogP contribution in [0.5, 0.6) is 0 Å². The Morgan fingerprint density at radius 2 is 2.06 bits per heavy atom. The van der Waals surface area contributed by atoms with E-state index in [2.05, 4.69) is 13.8 Å². The van der Waals surface area contributed by atoms with E-state index >= 15 is 0 Å². The monoisotopic (exact) mass is 247 g/mol. The van der Waals surface area contributed by atoms with Crippen molar-refractivity contribution in [3.8, 4) is 0 Å². The van der Waals surface area contributed by atoms with Crippen molar-refractivity contribution in [2.45, 2.75) is 26.3 Å². The Bertz CT molecular complexity index is 387. The van der Waals surface area contributed by atoms with E-state index in [-0.39, 0.29) is 12.6 Å². The summed E-state index contributed by atoms with van der Waals surface area (Å²) in [6.45, 7) is 4.88. The zero-order chi connectivity index (χ0) is 13.4. The topological polar surface area (TPSA) is 40.5 Å². The summed E-state index contributed by atoms with van der Waals surface area (Å²) in [5, 5.41) is 8.88. The Kier molecular flexibility index (Phi) is 6.15. The number of nitrogens with zero attached hydrogens (tertiary/aromatic N) is 1. The van der Waals surface area contributed by atoms with Crippen molar-refractivity contribution in [3.05, 3.63) is 42.0 Å². The van der Waals surface area contributed by atoms with Crippen molar-refractivity contribution in [1.82, 2.24) is 4.90 Å². The number of carboxylic acid groups (broad SMARTS) is 1. The number of benzene rings is 1. The molecular weight excluding hydrogens is 226 g/mol. The first-order chi connectivity index (χ1) is 8.63. The van der Waals surface area contributed by atoms with Crippen molar-refractivity contribution in [2.24, 2.45) is 0 Å². The van der Waals surface area contributed by atoms with E-state index in [1.807, 2.05) is 47.4 Å². The summed E-state index contributed by atoms with van der Waals surface area (Å²) in [4.78, 5) is 12.8. The van der Waals surface area contributed by atoms with Crippen LogP contribution in [0.15, 0.2) is 36.4 Å². The lowest BCUT2D eigenvalue weighted by molar-refractivity contribution is -0.138. The zero-order valence-corrected chi connectivity index (χ0v) is 11.0. The number of carbonyl (C=O) groups is 1. The van der Waals surface area contributed by atoms with E-state index in [9.17, 15) is 4.79 Å². The number of aliphatic carboxylic acids is 1. The molecule has 0 amide bonds. The molecule has 3 nitrogen and oxygen atoms in total. The number of rotatable bonds is 7. The average molecular weight is 247 g/mol. The van der Waals surface area contributed by atoms with Crippen molar-refractivity contribution in [1.29, 1.82) is 0 Å². The normalized spacial score (nSPS) is 13.1. The standard InChI is InChI=1S/C15H21NO2/c1-3-13(2)16(12-15(17)18)11-7-10-14-8-5-4-6-9-14/h4-10,13H,3,11-12H2,1-2H3,(H,17,18)/b10-7+. The van der Waals surface area contributed by atoms with Gasteiger partial charge in [0, 0.05) is 12.6 Å². The minimum Gasteiger partial charge on any atom is -0.480 e. The minimum absolute atomic E-state index is 0.0914. The highest BCUT2D eigenvalue weighted by molar-refractivity contribution is 5.69. The first-order valence-electron chi connectivity index (χ1n) is 6.31. The minimum atomic E-state index is -0.775. The molecule has 18 heavy (non-hydrogen) atoms. The Morgan fingerprint density at radius 1 is 1.39 bits per heavy atom. The first-order valence-corrected chi connectivity index (χ1v) is 6.31. The molecule has 0 heterocycles. The van der Waals surface area contributed by atoms with Crippen LogP contribution >= 0.6 is 0 Å². The van der Waals surface area contributed by atoms with Crippen LogP contribution in [0.2, 0.25) is 0 Å². The van der Waals surface area contributed by atoms with Crippen LogP contribution in [-0.2, 0) is 4.79 Å². The third-order valence-electron chi connectivity index (χ3n) is 3.00. The smallest absolute Gasteiger partial charge is 0.317 e. The summed E-state index contributed by atoms with van der Waals surface area (Å²) < 4.78 is 0. The molecule has 1 aromatic rings. The zero-order valence-electron chi connectivity index (χ0n) is 11.0. The van der Waals surface area contributed by atoms with Gasteiger partial charge in [0.2, 0.25) is 0 Å². The molecule has 0 radical (unpaired) electrons. The van der Waals surface area contributed by atoms with Gasteiger partial charge < -0.3 is 5.11 Å². The predicted molar refractivity (Wildman–Crippen MR) is 74.4 cm³/mol. The highest BCUT2D eigenvalue weighted by Crippen LogP contribution is 2.05. The summed E-state index contributed by atoms with van der Waals surface area (Å²) in [7, 11) is 0. The van der Waals surface area contributed by atoms with Gasteiger partial charge in [0.1, 0.15) is 0 Å². The number of hydrogen-bond acceptors (Lipinski definition) is 2. The maximum absolute atomic E-state index is 10.8. The van der Waals surface area contributed by atoms with Crippen molar-refractivity contribution in [2.75, 3.05) is 13.1 Å². The second-order valence-electron chi connectivity index (χ2n) is 4.39. The van der Waals surface area contributed by atoms with Crippen molar-refractivity contribution in [3.63, 3.8) is 0 Å². The molecule has 0 spiro atoms. The highest BCUT2D eigenvalue weighted by Gasteiger charge is 2.13. The van der Waals surface area contributed by atoms with Crippen LogP contribution in [0, 0.1) is 0 Å². The van der Waals surface area contributed by atoms with Crippen LogP contribution in [-0.4, -0.2) is 35.1 Å². The van der Waals surface area contributed by atoms with Crippen LogP contribution in [0.3, 0.4) is 0 Å². The molecule has 1 rings (SSSR count). The molecule has 0 aliphatic rings. The van der Waals surface area contributed by atoms with Gasteiger partial charge in [0.05, 0.1) is 6.54 Å². The predicted octanol–water partition coefficient (Wildman–Crippen LogP) is 2.88. The third-order valence-corrected chi connectivity index (χ3v) is 3.00. The molecule has 0 aliphatic carbocycles. The third kappa shape index (κ3) is 5.15. The van der Waals surface area contributed by atoms with E-state index in [0.29, 0.717) is 6.54 Å². The van der Waals surface area contributed by atoms with Crippen LogP contribution in [0.25, 0.3) is 6.08 Å². The van der Waals surface area contributed by atoms with Crippen LogP contribution in [0.4, 0.5) is 0 Å². The second-order valence-corrected chi connectivity index (χ2v) is 4.39. The Balaban J connectivity index is 2.56. The van der Waals surface area contributed by atoms with E-state index in [0.717, 1.165) is 12.0 Å². The Morgan fingerprint density at radius 3 is 2.61 bits per heavy atom. The Labute approximate surface area is 109 Å². The van der Waals surface area contributed by atoms with Gasteiger partial charge in [-0.25, -0.2) is 0 Å². The molecule has 0 aliphatic heterocycles. The van der Waals surface area contributed by atoms with Gasteiger partial charge in [-0.05, 0) is 18.9 Å². The van der Waals surface area contributed by atoms with Crippen LogP contribution in [0.1, 0.15) is 25.8 Å². The summed E-state index contributed by atoms with van der Waals surface area (Å²) in [6, 6.07) is 10.3. The summed E-state index contributed by atoms with van der Waals surface area (Å²) >= 11 is 0. The van der Waals surface area contributed by atoms with Gasteiger partial charge in [-0.2, -0.15) is 0 Å². The quantitative estimate of drug-likeness (QED) is 0.805. The molecule has 1 atom stereocenters. The first kappa shape index (κ1) is 14.5. The fourth-order valence-corrected chi connectivity index (χ4v) is 1.72. The molecule has 0 saturated carbocycles. The van der Waals surface area contributed by atoms with Gasteiger partial charge in [-0.15, -0.1) is 0 Å². The fraction of sp³-hybridized carbons (Fsp3) is 0.400. The van der Waals surface area contributed by atoms with Crippen molar-refractivity contribution < 1.29 is 9.90 Å². The highest BCUT2D eigenvalue weighted by atomic mass is 16.4. The van der Waals surface area contributed by atoms with Gasteiger partial charge in [0.25, 0.3) is 0 Å². The Hall–Kier alpha value is -1.61. The van der Waals surface area contributed by atoms with E-state index in [1.165, 1.54) is 0 Å². The van der Waals surface area contributed by atoms with E-state index in [4.69, 9.17) is 5.11 Å². The SMILES string of the molecule is CCC(C)N(C/C=C/c1ccccc1)CC(=O)O. The fourth-order valence-electron chi connectivity index (χ4n) is 1.72. The molecule has 1 aromatic carbocycles. The summed E-state index contributed by atoms with van der Waals surface area (Å²) in [5.74, 6) is -0.775. The van der Waals surface area contributed by atoms with Crippen LogP contribution < -0.4 is 0 Å². The lowest BCUT2D eigenvalue weighted by Gasteiger charge is -2.25. The van der Waals surface area contributed by atoms with Crippen molar-refractivity contribution >= 4 is 12.0 Å². The largest absolute Gasteiger partial charge is 0.480 e. The molecule has 0 aromatic heterocycles. The maximum Gasteiger partial charge on any atom is 0.317 e. The molecule has 3 heteroatoms. The van der Waals surface area contributed by atoms with Gasteiger partial charge in [0.15, 0.2) is 0 Å². The summed E-state index contributed by atoms with van der Waals surface area (Å²) in [6.07, 6.45) is 4.99. The second kappa shape index (κ2) is 7.67. The van der Waals surface area contributed by atoms with Gasteiger partial charge in [-0.1, -0.05) is 49.4 Å². The number of hydrogen-bond donors (Lipinski definition) is 1. The van der Waals surface area contributed by atoms with Gasteiger partial charge in [-0.3, -0.25) is 9.69 Å². The lowest BCUT2D eigenvalue weighted by Crippen LogP contribution is -2.37. The molecule has 98 valence electrons. The van der Waals surface area contributed by atoms with E-state index in [1.54, 1.807) is 0 Å². The number of carboxylic acids is 1. The molecular formula is C15H21NO2. The maximum atomic E-state index is 10.8. The molecule has 0 saturated heterocycles. The van der Waals surface area contributed by atoms with E-state index < -0.39 is 5.97 Å².